The zero-order valence-corrected chi connectivity index (χ0v) is 6.79. The van der Waals surface area contributed by atoms with E-state index in [2.05, 4.69) is 5.32 Å². The van der Waals surface area contributed by atoms with Gasteiger partial charge in [-0.1, -0.05) is 6.08 Å². The molecule has 0 bridgehead atoms. The van der Waals surface area contributed by atoms with Gasteiger partial charge in [-0.3, -0.25) is 0 Å². The third-order valence-electron chi connectivity index (χ3n) is 1.80. The Morgan fingerprint density at radius 3 is 2.82 bits per heavy atom. The van der Waals surface area contributed by atoms with Crippen LogP contribution in [0, 0.1) is 0 Å². The molecule has 1 heterocycles. The van der Waals surface area contributed by atoms with Crippen molar-refractivity contribution >= 4 is 5.97 Å². The summed E-state index contributed by atoms with van der Waals surface area (Å²) in [6.07, 6.45) is 2.39. The van der Waals surface area contributed by atoms with Crippen molar-refractivity contribution in [1.29, 1.82) is 0 Å². The average molecular weight is 155 g/mol. The maximum absolute atomic E-state index is 10.5. The first kappa shape index (κ1) is 8.27. The molecule has 0 aromatic carbocycles. The van der Waals surface area contributed by atoms with Gasteiger partial charge in [-0.05, 0) is 20.3 Å². The zero-order chi connectivity index (χ0) is 8.43. The summed E-state index contributed by atoms with van der Waals surface area (Å²) in [6, 6.07) is 0.464. The van der Waals surface area contributed by atoms with E-state index in [9.17, 15) is 4.79 Å². The molecule has 0 radical (unpaired) electrons. The van der Waals surface area contributed by atoms with E-state index in [-0.39, 0.29) is 12.1 Å². The molecule has 0 saturated carbocycles. The number of carboxylic acid groups (broad SMARTS) is 1. The quantitative estimate of drug-likeness (QED) is 0.588. The van der Waals surface area contributed by atoms with Crippen LogP contribution in [-0.2, 0) is 4.79 Å². The van der Waals surface area contributed by atoms with E-state index in [1.165, 1.54) is 0 Å². The smallest absolute Gasteiger partial charge is 0.331 e. The molecule has 1 aliphatic heterocycles. The van der Waals surface area contributed by atoms with Crippen LogP contribution in [0.2, 0.25) is 0 Å². The van der Waals surface area contributed by atoms with Gasteiger partial charge in [0, 0.05) is 17.7 Å². The Hall–Kier alpha value is -0.830. The van der Waals surface area contributed by atoms with Gasteiger partial charge in [-0.15, -0.1) is 0 Å². The SMILES string of the molecule is C[C@@H]1CC(C(=O)O)=C[C@H](C)N1. The normalized spacial score (nSPS) is 31.3. The Labute approximate surface area is 66.1 Å². The number of carbonyl (C=O) groups is 1. The molecule has 2 N–H and O–H groups in total. The molecular formula is C8H13NO2. The lowest BCUT2D eigenvalue weighted by Gasteiger charge is -2.23. The van der Waals surface area contributed by atoms with E-state index in [4.69, 9.17) is 5.11 Å². The highest BCUT2D eigenvalue weighted by Crippen LogP contribution is 2.12. The van der Waals surface area contributed by atoms with Crippen LogP contribution in [0.4, 0.5) is 0 Å². The number of hydrogen-bond acceptors (Lipinski definition) is 2. The third kappa shape index (κ3) is 2.05. The Bertz CT molecular complexity index is 198. The summed E-state index contributed by atoms with van der Waals surface area (Å²) in [5.74, 6) is -0.787. The van der Waals surface area contributed by atoms with Crippen molar-refractivity contribution < 1.29 is 9.90 Å². The topological polar surface area (TPSA) is 49.3 Å². The number of hydrogen-bond donors (Lipinski definition) is 2. The van der Waals surface area contributed by atoms with Crippen LogP contribution in [0.5, 0.6) is 0 Å². The second-order valence-electron chi connectivity index (χ2n) is 3.06. The summed E-state index contributed by atoms with van der Waals surface area (Å²) in [6.45, 7) is 3.95. The molecular weight excluding hydrogens is 142 g/mol. The highest BCUT2D eigenvalue weighted by atomic mass is 16.4. The predicted octanol–water partition coefficient (Wildman–Crippen LogP) is 0.768. The van der Waals surface area contributed by atoms with Crippen molar-refractivity contribution in [2.24, 2.45) is 0 Å². The maximum Gasteiger partial charge on any atom is 0.331 e. The molecule has 0 saturated heterocycles. The lowest BCUT2D eigenvalue weighted by Crippen LogP contribution is -2.38. The van der Waals surface area contributed by atoms with E-state index < -0.39 is 5.97 Å². The zero-order valence-electron chi connectivity index (χ0n) is 6.79. The van der Waals surface area contributed by atoms with Crippen molar-refractivity contribution in [2.75, 3.05) is 0 Å². The van der Waals surface area contributed by atoms with E-state index in [1.54, 1.807) is 6.08 Å². The monoisotopic (exact) mass is 155 g/mol. The summed E-state index contributed by atoms with van der Waals surface area (Å²) >= 11 is 0. The number of aliphatic carboxylic acids is 1. The van der Waals surface area contributed by atoms with Crippen LogP contribution < -0.4 is 5.32 Å². The molecule has 0 fully saturated rings. The summed E-state index contributed by atoms with van der Waals surface area (Å²) in [4.78, 5) is 10.5. The molecule has 2 atom stereocenters. The van der Waals surface area contributed by atoms with Gasteiger partial charge >= 0.3 is 5.97 Å². The fourth-order valence-corrected chi connectivity index (χ4v) is 1.41. The van der Waals surface area contributed by atoms with Crippen LogP contribution in [-0.4, -0.2) is 23.2 Å². The van der Waals surface area contributed by atoms with Crippen molar-refractivity contribution in [3.63, 3.8) is 0 Å². The van der Waals surface area contributed by atoms with Gasteiger partial charge in [0.25, 0.3) is 0 Å². The Morgan fingerprint density at radius 2 is 2.36 bits per heavy atom. The Kier molecular flexibility index (Phi) is 2.29. The molecule has 11 heavy (non-hydrogen) atoms. The van der Waals surface area contributed by atoms with Crippen LogP contribution >= 0.6 is 0 Å². The molecule has 0 aromatic rings. The van der Waals surface area contributed by atoms with E-state index in [1.807, 2.05) is 13.8 Å². The van der Waals surface area contributed by atoms with Gasteiger partial charge in [0.15, 0.2) is 0 Å². The van der Waals surface area contributed by atoms with Crippen LogP contribution in [0.3, 0.4) is 0 Å². The van der Waals surface area contributed by atoms with Gasteiger partial charge in [0.1, 0.15) is 0 Å². The molecule has 1 aliphatic rings. The minimum Gasteiger partial charge on any atom is -0.478 e. The first-order chi connectivity index (χ1) is 5.09. The molecule has 1 rings (SSSR count). The number of rotatable bonds is 1. The summed E-state index contributed by atoms with van der Waals surface area (Å²) in [7, 11) is 0. The van der Waals surface area contributed by atoms with Crippen LogP contribution in [0.25, 0.3) is 0 Å². The van der Waals surface area contributed by atoms with Crippen molar-refractivity contribution in [3.8, 4) is 0 Å². The fraction of sp³-hybridized carbons (Fsp3) is 0.625. The third-order valence-corrected chi connectivity index (χ3v) is 1.80. The van der Waals surface area contributed by atoms with Gasteiger partial charge < -0.3 is 10.4 Å². The molecule has 0 amide bonds. The molecule has 0 aromatic heterocycles. The van der Waals surface area contributed by atoms with Crippen molar-refractivity contribution in [3.05, 3.63) is 11.6 Å². The minimum absolute atomic E-state index is 0.185. The molecule has 0 aliphatic carbocycles. The van der Waals surface area contributed by atoms with Crippen molar-refractivity contribution in [2.45, 2.75) is 32.4 Å². The first-order valence-corrected chi connectivity index (χ1v) is 3.79. The summed E-state index contributed by atoms with van der Waals surface area (Å²) in [5, 5.41) is 11.9. The predicted molar refractivity (Wildman–Crippen MR) is 42.4 cm³/mol. The van der Waals surface area contributed by atoms with Crippen molar-refractivity contribution in [1.82, 2.24) is 5.32 Å². The second kappa shape index (κ2) is 3.05. The number of nitrogens with one attached hydrogen (secondary N) is 1. The Morgan fingerprint density at radius 1 is 1.73 bits per heavy atom. The molecule has 0 spiro atoms. The van der Waals surface area contributed by atoms with E-state index in [0.717, 1.165) is 0 Å². The number of carboxylic acids is 1. The summed E-state index contributed by atoms with van der Waals surface area (Å²) < 4.78 is 0. The lowest BCUT2D eigenvalue weighted by atomic mass is 10.00. The molecule has 3 nitrogen and oxygen atoms in total. The van der Waals surface area contributed by atoms with Gasteiger partial charge in [0.2, 0.25) is 0 Å². The first-order valence-electron chi connectivity index (χ1n) is 3.79. The Balaban J connectivity index is 2.72. The van der Waals surface area contributed by atoms with Gasteiger partial charge in [0.05, 0.1) is 0 Å². The second-order valence-corrected chi connectivity index (χ2v) is 3.06. The lowest BCUT2D eigenvalue weighted by molar-refractivity contribution is -0.133. The molecule has 3 heteroatoms. The standard InChI is InChI=1S/C8H13NO2/c1-5-3-7(8(10)11)4-6(2)9-5/h3,5-6,9H,4H2,1-2H3,(H,10,11)/t5-,6+/m0/s1. The van der Waals surface area contributed by atoms with E-state index >= 15 is 0 Å². The van der Waals surface area contributed by atoms with Gasteiger partial charge in [-0.25, -0.2) is 4.79 Å². The summed E-state index contributed by atoms with van der Waals surface area (Å²) in [5.41, 5.74) is 0.531. The fourth-order valence-electron chi connectivity index (χ4n) is 1.41. The van der Waals surface area contributed by atoms with E-state index in [0.29, 0.717) is 12.0 Å². The molecule has 62 valence electrons. The van der Waals surface area contributed by atoms with Crippen LogP contribution in [0.15, 0.2) is 11.6 Å². The maximum atomic E-state index is 10.5. The van der Waals surface area contributed by atoms with Gasteiger partial charge in [-0.2, -0.15) is 0 Å². The highest BCUT2D eigenvalue weighted by molar-refractivity contribution is 5.87. The average Bonchev–Trinajstić information content (AvgIpc) is 1.85. The largest absolute Gasteiger partial charge is 0.478 e. The molecule has 0 unspecified atom stereocenters. The van der Waals surface area contributed by atoms with Crippen LogP contribution in [0.1, 0.15) is 20.3 Å². The highest BCUT2D eigenvalue weighted by Gasteiger charge is 2.18. The minimum atomic E-state index is -0.787.